The van der Waals surface area contributed by atoms with Crippen LogP contribution in [0.1, 0.15) is 11.1 Å². The standard InChI is InChI=1S/C20H19NO5/c22-17-13-21(19(25)26)20(18(23)24,12-15-9-5-2-6-10-15)16(17)11-14-7-3-1-4-8-14/h1-10,16H,11-13H2,(H,23,24)(H,25,26). The Bertz CT molecular complexity index is 821. The first-order chi connectivity index (χ1) is 12.4. The van der Waals surface area contributed by atoms with Crippen molar-refractivity contribution >= 4 is 17.8 Å². The third-order valence-electron chi connectivity index (χ3n) is 4.96. The molecule has 0 aliphatic carbocycles. The normalized spacial score (nSPS) is 22.4. The maximum atomic E-state index is 12.6. The number of hydrogen-bond donors (Lipinski definition) is 2. The second-order valence-electron chi connectivity index (χ2n) is 6.47. The number of ketones is 1. The lowest BCUT2D eigenvalue weighted by Gasteiger charge is -2.36. The minimum atomic E-state index is -1.82. The zero-order valence-corrected chi connectivity index (χ0v) is 14.0. The van der Waals surface area contributed by atoms with Gasteiger partial charge < -0.3 is 10.2 Å². The van der Waals surface area contributed by atoms with Crippen LogP contribution in [0.3, 0.4) is 0 Å². The molecule has 1 fully saturated rings. The Kier molecular flexibility index (Phi) is 4.75. The van der Waals surface area contributed by atoms with Crippen LogP contribution in [-0.2, 0) is 22.4 Å². The van der Waals surface area contributed by atoms with E-state index in [9.17, 15) is 24.6 Å². The number of likely N-dealkylation sites (tertiary alicyclic amines) is 1. The molecule has 2 N–H and O–H groups in total. The molecule has 1 heterocycles. The minimum Gasteiger partial charge on any atom is -0.479 e. The number of carbonyl (C=O) groups excluding carboxylic acids is 1. The van der Waals surface area contributed by atoms with Gasteiger partial charge in [0.05, 0.1) is 12.5 Å². The monoisotopic (exact) mass is 353 g/mol. The van der Waals surface area contributed by atoms with Gasteiger partial charge in [-0.1, -0.05) is 60.7 Å². The van der Waals surface area contributed by atoms with Crippen LogP contribution in [0.25, 0.3) is 0 Å². The smallest absolute Gasteiger partial charge is 0.408 e. The van der Waals surface area contributed by atoms with Crippen LogP contribution in [0.4, 0.5) is 4.79 Å². The predicted molar refractivity (Wildman–Crippen MR) is 93.9 cm³/mol. The van der Waals surface area contributed by atoms with Gasteiger partial charge >= 0.3 is 12.1 Å². The fourth-order valence-electron chi connectivity index (χ4n) is 3.70. The number of hydrogen-bond acceptors (Lipinski definition) is 3. The number of carboxylic acids is 1. The van der Waals surface area contributed by atoms with Crippen molar-refractivity contribution in [3.8, 4) is 0 Å². The van der Waals surface area contributed by atoms with E-state index >= 15 is 0 Å². The quantitative estimate of drug-likeness (QED) is 0.861. The molecule has 0 spiro atoms. The second-order valence-corrected chi connectivity index (χ2v) is 6.47. The fraction of sp³-hybridized carbons (Fsp3) is 0.250. The fourth-order valence-corrected chi connectivity index (χ4v) is 3.70. The molecule has 1 aliphatic rings. The molecule has 0 bridgehead atoms. The van der Waals surface area contributed by atoms with E-state index in [2.05, 4.69) is 0 Å². The summed E-state index contributed by atoms with van der Waals surface area (Å²) in [5, 5.41) is 19.6. The largest absolute Gasteiger partial charge is 0.479 e. The van der Waals surface area contributed by atoms with Gasteiger partial charge in [-0.2, -0.15) is 0 Å². The van der Waals surface area contributed by atoms with Crippen molar-refractivity contribution < 1.29 is 24.6 Å². The molecule has 0 saturated carbocycles. The molecule has 2 aromatic carbocycles. The zero-order valence-electron chi connectivity index (χ0n) is 14.0. The number of benzene rings is 2. The highest BCUT2D eigenvalue weighted by molar-refractivity contribution is 6.00. The molecule has 134 valence electrons. The number of carbonyl (C=O) groups is 3. The summed E-state index contributed by atoms with van der Waals surface area (Å²) in [4.78, 5) is 37.5. The van der Waals surface area contributed by atoms with Crippen LogP contribution in [0.5, 0.6) is 0 Å². The summed E-state index contributed by atoms with van der Waals surface area (Å²) in [5.74, 6) is -2.61. The molecule has 0 aromatic heterocycles. The van der Waals surface area contributed by atoms with Crippen LogP contribution in [0.15, 0.2) is 60.7 Å². The summed E-state index contributed by atoms with van der Waals surface area (Å²) < 4.78 is 0. The van der Waals surface area contributed by atoms with E-state index in [0.717, 1.165) is 10.5 Å². The lowest BCUT2D eigenvalue weighted by molar-refractivity contribution is -0.152. The first kappa shape index (κ1) is 17.7. The van der Waals surface area contributed by atoms with Gasteiger partial charge in [0.25, 0.3) is 0 Å². The molecule has 2 unspecified atom stereocenters. The molecular formula is C20H19NO5. The average Bonchev–Trinajstić information content (AvgIpc) is 2.91. The zero-order chi connectivity index (χ0) is 18.7. The predicted octanol–water partition coefficient (Wildman–Crippen LogP) is 2.47. The summed E-state index contributed by atoms with van der Waals surface area (Å²) in [7, 11) is 0. The SMILES string of the molecule is O=C1CN(C(=O)O)C(Cc2ccccc2)(C(=O)O)C1Cc1ccccc1. The number of rotatable bonds is 5. The molecule has 6 heteroatoms. The van der Waals surface area contributed by atoms with E-state index in [1.165, 1.54) is 0 Å². The molecule has 26 heavy (non-hydrogen) atoms. The van der Waals surface area contributed by atoms with Gasteiger partial charge in [0, 0.05) is 6.42 Å². The summed E-state index contributed by atoms with van der Waals surface area (Å²) >= 11 is 0. The first-order valence-electron chi connectivity index (χ1n) is 8.29. The van der Waals surface area contributed by atoms with E-state index in [0.29, 0.717) is 5.56 Å². The van der Waals surface area contributed by atoms with Gasteiger partial charge in [-0.05, 0) is 17.5 Å². The van der Waals surface area contributed by atoms with E-state index in [4.69, 9.17) is 0 Å². The van der Waals surface area contributed by atoms with Crippen molar-refractivity contribution in [3.63, 3.8) is 0 Å². The van der Waals surface area contributed by atoms with Gasteiger partial charge in [0.15, 0.2) is 11.3 Å². The Morgan fingerprint density at radius 2 is 1.50 bits per heavy atom. The van der Waals surface area contributed by atoms with E-state index in [1.54, 1.807) is 30.3 Å². The van der Waals surface area contributed by atoms with E-state index in [1.807, 2.05) is 30.3 Å². The Labute approximate surface area is 150 Å². The van der Waals surface area contributed by atoms with Gasteiger partial charge in [0.2, 0.25) is 0 Å². The summed E-state index contributed by atoms with van der Waals surface area (Å²) in [5.41, 5.74) is -0.342. The summed E-state index contributed by atoms with van der Waals surface area (Å²) in [6, 6.07) is 17.9. The highest BCUT2D eigenvalue weighted by atomic mass is 16.4. The van der Waals surface area contributed by atoms with Crippen LogP contribution in [-0.4, -0.2) is 45.0 Å². The molecule has 6 nitrogen and oxygen atoms in total. The Hall–Kier alpha value is -3.15. The third-order valence-corrected chi connectivity index (χ3v) is 4.96. The number of nitrogens with zero attached hydrogens (tertiary/aromatic N) is 1. The Morgan fingerprint density at radius 1 is 0.962 bits per heavy atom. The first-order valence-corrected chi connectivity index (χ1v) is 8.29. The maximum absolute atomic E-state index is 12.6. The van der Waals surface area contributed by atoms with E-state index < -0.39 is 30.1 Å². The number of Topliss-reactive ketones (excluding diaryl/α,β-unsaturated/α-hetero) is 1. The number of aliphatic carboxylic acids is 1. The molecule has 3 rings (SSSR count). The van der Waals surface area contributed by atoms with Crippen molar-refractivity contribution in [2.24, 2.45) is 5.92 Å². The molecular weight excluding hydrogens is 334 g/mol. The maximum Gasteiger partial charge on any atom is 0.408 e. The highest BCUT2D eigenvalue weighted by Gasteiger charge is 2.60. The minimum absolute atomic E-state index is 0.0568. The Balaban J connectivity index is 2.07. The van der Waals surface area contributed by atoms with Gasteiger partial charge in [0.1, 0.15) is 0 Å². The van der Waals surface area contributed by atoms with Crippen molar-refractivity contribution in [1.82, 2.24) is 4.90 Å². The summed E-state index contributed by atoms with van der Waals surface area (Å²) in [6.45, 7) is -0.411. The lowest BCUT2D eigenvalue weighted by Crippen LogP contribution is -2.58. The molecule has 1 saturated heterocycles. The molecule has 2 aromatic rings. The summed E-state index contributed by atoms with van der Waals surface area (Å²) in [6.07, 6.45) is -1.27. The van der Waals surface area contributed by atoms with E-state index in [-0.39, 0.29) is 18.6 Å². The van der Waals surface area contributed by atoms with Gasteiger partial charge in [-0.15, -0.1) is 0 Å². The van der Waals surface area contributed by atoms with Crippen molar-refractivity contribution in [2.75, 3.05) is 6.54 Å². The molecule has 2 atom stereocenters. The van der Waals surface area contributed by atoms with Crippen molar-refractivity contribution in [1.29, 1.82) is 0 Å². The molecule has 1 aliphatic heterocycles. The van der Waals surface area contributed by atoms with Crippen LogP contribution in [0.2, 0.25) is 0 Å². The second kappa shape index (κ2) is 7.00. The third kappa shape index (κ3) is 3.06. The highest BCUT2D eigenvalue weighted by Crippen LogP contribution is 2.38. The molecule has 0 radical (unpaired) electrons. The van der Waals surface area contributed by atoms with Gasteiger partial charge in [-0.3, -0.25) is 9.69 Å². The van der Waals surface area contributed by atoms with Crippen LogP contribution < -0.4 is 0 Å². The number of carboxylic acid groups (broad SMARTS) is 2. The average molecular weight is 353 g/mol. The lowest BCUT2D eigenvalue weighted by atomic mass is 9.76. The Morgan fingerprint density at radius 3 is 2.00 bits per heavy atom. The topological polar surface area (TPSA) is 94.9 Å². The van der Waals surface area contributed by atoms with Crippen molar-refractivity contribution in [2.45, 2.75) is 18.4 Å². The van der Waals surface area contributed by atoms with Crippen molar-refractivity contribution in [3.05, 3.63) is 71.8 Å². The van der Waals surface area contributed by atoms with Crippen LogP contribution in [0, 0.1) is 5.92 Å². The van der Waals surface area contributed by atoms with Crippen LogP contribution >= 0.6 is 0 Å². The number of amides is 1. The molecule has 1 amide bonds. The van der Waals surface area contributed by atoms with Gasteiger partial charge in [-0.25, -0.2) is 9.59 Å².